The third-order valence-electron chi connectivity index (χ3n) is 3.70. The van der Waals surface area contributed by atoms with Crippen molar-refractivity contribution in [3.8, 4) is 0 Å². The molecule has 3 heteroatoms. The average Bonchev–Trinajstić information content (AvgIpc) is 2.40. The smallest absolute Gasteiger partial charge is 0.306 e. The van der Waals surface area contributed by atoms with Crippen LogP contribution >= 0.6 is 0 Å². The Kier molecular flexibility index (Phi) is 4.13. The molecule has 96 valence electrons. The normalized spacial score (nSPS) is 23.6. The number of Topliss-reactive ketones (excluding diaryl/α,β-unsaturated/α-hetero) is 1. The maximum Gasteiger partial charge on any atom is 0.306 e. The molecule has 2 rings (SSSR count). The average molecular weight is 246 g/mol. The van der Waals surface area contributed by atoms with Crippen LogP contribution in [-0.2, 0) is 4.79 Å². The van der Waals surface area contributed by atoms with Gasteiger partial charge in [-0.05, 0) is 25.2 Å². The molecule has 0 aliphatic heterocycles. The van der Waals surface area contributed by atoms with Crippen molar-refractivity contribution in [1.82, 2.24) is 0 Å². The molecular weight excluding hydrogens is 228 g/mol. The maximum atomic E-state index is 12.0. The zero-order valence-electron chi connectivity index (χ0n) is 10.3. The van der Waals surface area contributed by atoms with Crippen LogP contribution in [0.25, 0.3) is 0 Å². The molecule has 1 aliphatic carbocycles. The lowest BCUT2D eigenvalue weighted by atomic mass is 9.78. The van der Waals surface area contributed by atoms with Crippen LogP contribution < -0.4 is 0 Å². The second kappa shape index (κ2) is 5.80. The summed E-state index contributed by atoms with van der Waals surface area (Å²) in [6.45, 7) is 0. The number of carbonyl (C=O) groups excluding carboxylic acids is 1. The molecule has 1 N–H and O–H groups in total. The van der Waals surface area contributed by atoms with Crippen molar-refractivity contribution in [2.24, 2.45) is 11.8 Å². The number of carboxylic acids is 1. The Hall–Kier alpha value is -1.64. The first-order chi connectivity index (χ1) is 8.66. The van der Waals surface area contributed by atoms with E-state index >= 15 is 0 Å². The molecule has 0 saturated heterocycles. The molecule has 3 nitrogen and oxygen atoms in total. The van der Waals surface area contributed by atoms with E-state index in [9.17, 15) is 9.59 Å². The van der Waals surface area contributed by atoms with E-state index in [1.54, 1.807) is 0 Å². The minimum absolute atomic E-state index is 0.131. The lowest BCUT2D eigenvalue weighted by Crippen LogP contribution is -2.24. The van der Waals surface area contributed by atoms with Crippen LogP contribution in [0.15, 0.2) is 30.3 Å². The van der Waals surface area contributed by atoms with Crippen molar-refractivity contribution < 1.29 is 14.7 Å². The lowest BCUT2D eigenvalue weighted by Gasteiger charge is -2.26. The van der Waals surface area contributed by atoms with Gasteiger partial charge in [0.1, 0.15) is 0 Å². The van der Waals surface area contributed by atoms with Crippen LogP contribution in [0.3, 0.4) is 0 Å². The number of hydrogen-bond acceptors (Lipinski definition) is 2. The molecule has 1 aliphatic rings. The Balaban J connectivity index is 1.93. The van der Waals surface area contributed by atoms with Crippen LogP contribution in [-0.4, -0.2) is 16.9 Å². The highest BCUT2D eigenvalue weighted by molar-refractivity contribution is 5.96. The predicted molar refractivity (Wildman–Crippen MR) is 68.5 cm³/mol. The standard InChI is InChI=1S/C15H18O3/c16-14(12-6-2-1-3-7-12)10-11-5-4-8-13(9-11)15(17)18/h1-3,6-7,11,13H,4-5,8-10H2,(H,17,18)/t11-,13+/m1/s1. The summed E-state index contributed by atoms with van der Waals surface area (Å²) < 4.78 is 0. The van der Waals surface area contributed by atoms with E-state index in [0.717, 1.165) is 24.8 Å². The molecule has 18 heavy (non-hydrogen) atoms. The van der Waals surface area contributed by atoms with Gasteiger partial charge in [-0.2, -0.15) is 0 Å². The van der Waals surface area contributed by atoms with Crippen LogP contribution in [0.1, 0.15) is 42.5 Å². The third kappa shape index (κ3) is 3.19. The minimum atomic E-state index is -0.716. The Morgan fingerprint density at radius 2 is 1.89 bits per heavy atom. The summed E-state index contributed by atoms with van der Waals surface area (Å²) in [6, 6.07) is 9.24. The third-order valence-corrected chi connectivity index (χ3v) is 3.70. The van der Waals surface area contributed by atoms with Crippen LogP contribution in [0, 0.1) is 11.8 Å². The molecule has 1 aromatic rings. The van der Waals surface area contributed by atoms with Gasteiger partial charge in [0.25, 0.3) is 0 Å². The Bertz CT molecular complexity index is 425. The number of carbonyl (C=O) groups is 2. The number of hydrogen-bond donors (Lipinski definition) is 1. The number of aliphatic carboxylic acids is 1. The number of ketones is 1. The van der Waals surface area contributed by atoms with Gasteiger partial charge < -0.3 is 5.11 Å². The van der Waals surface area contributed by atoms with Crippen molar-refractivity contribution >= 4 is 11.8 Å². The molecule has 1 saturated carbocycles. The Morgan fingerprint density at radius 3 is 2.56 bits per heavy atom. The molecular formula is C15H18O3. The number of carboxylic acid groups (broad SMARTS) is 1. The molecule has 0 amide bonds. The maximum absolute atomic E-state index is 12.0. The summed E-state index contributed by atoms with van der Waals surface area (Å²) in [5.74, 6) is -0.613. The summed E-state index contributed by atoms with van der Waals surface area (Å²) >= 11 is 0. The van der Waals surface area contributed by atoms with Gasteiger partial charge in [-0.25, -0.2) is 0 Å². The molecule has 1 aromatic carbocycles. The molecule has 0 spiro atoms. The molecule has 1 fully saturated rings. The molecule has 0 heterocycles. The van der Waals surface area contributed by atoms with E-state index in [0.29, 0.717) is 12.8 Å². The van der Waals surface area contributed by atoms with Crippen LogP contribution in [0.5, 0.6) is 0 Å². The fourth-order valence-electron chi connectivity index (χ4n) is 2.70. The fourth-order valence-corrected chi connectivity index (χ4v) is 2.70. The monoisotopic (exact) mass is 246 g/mol. The van der Waals surface area contributed by atoms with Crippen LogP contribution in [0.4, 0.5) is 0 Å². The SMILES string of the molecule is O=C(C[C@@H]1CCC[C@H](C(=O)O)C1)c1ccccc1. The van der Waals surface area contributed by atoms with Crippen molar-refractivity contribution in [2.75, 3.05) is 0 Å². The highest BCUT2D eigenvalue weighted by Crippen LogP contribution is 2.32. The Labute approximate surface area is 107 Å². The van der Waals surface area contributed by atoms with Gasteiger partial charge in [0.15, 0.2) is 5.78 Å². The van der Waals surface area contributed by atoms with E-state index in [-0.39, 0.29) is 17.6 Å². The van der Waals surface area contributed by atoms with Gasteiger partial charge in [0.05, 0.1) is 5.92 Å². The molecule has 0 aromatic heterocycles. The van der Waals surface area contributed by atoms with Crippen molar-refractivity contribution in [1.29, 1.82) is 0 Å². The highest BCUT2D eigenvalue weighted by Gasteiger charge is 2.28. The summed E-state index contributed by atoms with van der Waals surface area (Å²) in [5.41, 5.74) is 0.731. The summed E-state index contributed by atoms with van der Waals surface area (Å²) in [5, 5.41) is 9.02. The van der Waals surface area contributed by atoms with E-state index in [1.165, 1.54) is 0 Å². The van der Waals surface area contributed by atoms with E-state index in [2.05, 4.69) is 0 Å². The van der Waals surface area contributed by atoms with Gasteiger partial charge in [-0.1, -0.05) is 36.8 Å². The van der Waals surface area contributed by atoms with Gasteiger partial charge >= 0.3 is 5.97 Å². The zero-order chi connectivity index (χ0) is 13.0. The van der Waals surface area contributed by atoms with Crippen LogP contribution in [0.2, 0.25) is 0 Å². The van der Waals surface area contributed by atoms with E-state index in [1.807, 2.05) is 30.3 Å². The molecule has 0 radical (unpaired) electrons. The summed E-state index contributed by atoms with van der Waals surface area (Å²) in [7, 11) is 0. The van der Waals surface area contributed by atoms with Gasteiger partial charge in [-0.15, -0.1) is 0 Å². The molecule has 2 atom stereocenters. The second-order valence-electron chi connectivity index (χ2n) is 5.06. The molecule has 0 bridgehead atoms. The largest absolute Gasteiger partial charge is 0.481 e. The molecule has 0 unspecified atom stereocenters. The summed E-state index contributed by atoms with van der Waals surface area (Å²) in [6.07, 6.45) is 3.78. The zero-order valence-corrected chi connectivity index (χ0v) is 10.3. The summed E-state index contributed by atoms with van der Waals surface area (Å²) in [4.78, 5) is 23.0. The predicted octanol–water partition coefficient (Wildman–Crippen LogP) is 3.15. The highest BCUT2D eigenvalue weighted by atomic mass is 16.4. The van der Waals surface area contributed by atoms with Crippen molar-refractivity contribution in [2.45, 2.75) is 32.1 Å². The van der Waals surface area contributed by atoms with Crippen molar-refractivity contribution in [3.63, 3.8) is 0 Å². The topological polar surface area (TPSA) is 54.4 Å². The lowest BCUT2D eigenvalue weighted by molar-refractivity contribution is -0.143. The first-order valence-corrected chi connectivity index (χ1v) is 6.48. The van der Waals surface area contributed by atoms with Gasteiger partial charge in [-0.3, -0.25) is 9.59 Å². The van der Waals surface area contributed by atoms with Crippen molar-refractivity contribution in [3.05, 3.63) is 35.9 Å². The minimum Gasteiger partial charge on any atom is -0.481 e. The number of rotatable bonds is 4. The van der Waals surface area contributed by atoms with E-state index < -0.39 is 5.97 Å². The van der Waals surface area contributed by atoms with E-state index in [4.69, 9.17) is 5.11 Å². The first-order valence-electron chi connectivity index (χ1n) is 6.48. The number of benzene rings is 1. The first kappa shape index (κ1) is 12.8. The fraction of sp³-hybridized carbons (Fsp3) is 0.467. The van der Waals surface area contributed by atoms with Gasteiger partial charge in [0, 0.05) is 12.0 Å². The Morgan fingerprint density at radius 1 is 1.17 bits per heavy atom. The quantitative estimate of drug-likeness (QED) is 0.830. The second-order valence-corrected chi connectivity index (χ2v) is 5.06. The van der Waals surface area contributed by atoms with Gasteiger partial charge in [0.2, 0.25) is 0 Å².